The molecule has 3 aromatic rings. The molecule has 2 aliphatic heterocycles. The van der Waals surface area contributed by atoms with Crippen molar-refractivity contribution in [3.8, 4) is 0 Å². The number of likely N-dealkylation sites (tertiary alicyclic amines) is 1. The molecule has 2 fully saturated rings. The Labute approximate surface area is 235 Å². The van der Waals surface area contributed by atoms with Crippen LogP contribution in [0.5, 0.6) is 0 Å². The van der Waals surface area contributed by atoms with Crippen LogP contribution in [0.2, 0.25) is 0 Å². The molecule has 0 spiro atoms. The number of hydrogen-bond donors (Lipinski definition) is 3. The Hall–Kier alpha value is -3.64. The minimum absolute atomic E-state index is 0.156. The molecule has 220 valence electrons. The van der Waals surface area contributed by atoms with E-state index in [-0.39, 0.29) is 41.6 Å². The Morgan fingerprint density at radius 3 is 2.71 bits per heavy atom. The number of carbonyl (C=O) groups is 1. The average molecular weight is 575 g/mol. The number of carbonyl (C=O) groups excluding carboxylic acids is 1. The molecule has 41 heavy (non-hydrogen) atoms. The molecule has 3 heterocycles. The van der Waals surface area contributed by atoms with Crippen LogP contribution in [0.4, 0.5) is 29.1 Å². The minimum Gasteiger partial charge on any atom is -0.371 e. The first-order chi connectivity index (χ1) is 19.7. The smallest absolute Gasteiger partial charge is 0.371 e. The standard InChI is InChI=1S/C29H34F4N6O2/c1-2-14-41-26-18-39(21-4-3-12-38(13-11-21)22-8-6-20(30)7-9-22)17-25(26)35-27(40)16-34-28-23-15-19(29(31,32)33)5-10-24(23)36-37-28/h2,5-10,15,21,25-26H,1,3-4,11-14,16-18H2,(H,35,40)(H2,34,36,37)/t21?,25?,26-/m0/s1. The molecular formula is C29H34F4N6O2. The second-order valence-corrected chi connectivity index (χ2v) is 10.5. The van der Waals surface area contributed by atoms with Gasteiger partial charge in [0, 0.05) is 43.3 Å². The van der Waals surface area contributed by atoms with Crippen LogP contribution in [-0.2, 0) is 15.7 Å². The predicted octanol–water partition coefficient (Wildman–Crippen LogP) is 4.56. The van der Waals surface area contributed by atoms with Crippen molar-refractivity contribution in [2.45, 2.75) is 43.6 Å². The van der Waals surface area contributed by atoms with Crippen LogP contribution < -0.4 is 15.5 Å². The fourth-order valence-corrected chi connectivity index (χ4v) is 5.70. The Morgan fingerprint density at radius 1 is 1.15 bits per heavy atom. The number of fused-ring (bicyclic) bond motifs is 1. The van der Waals surface area contributed by atoms with Crippen molar-refractivity contribution in [1.82, 2.24) is 20.4 Å². The van der Waals surface area contributed by atoms with Crippen molar-refractivity contribution in [2.75, 3.05) is 49.5 Å². The third-order valence-electron chi connectivity index (χ3n) is 7.78. The molecule has 0 saturated carbocycles. The summed E-state index contributed by atoms with van der Waals surface area (Å²) in [7, 11) is 0. The summed E-state index contributed by atoms with van der Waals surface area (Å²) in [4.78, 5) is 17.6. The topological polar surface area (TPSA) is 85.5 Å². The van der Waals surface area contributed by atoms with Gasteiger partial charge in [0.25, 0.3) is 0 Å². The van der Waals surface area contributed by atoms with Crippen LogP contribution in [0, 0.1) is 5.82 Å². The SMILES string of the molecule is C=CCO[C@H]1CN(C2CCCN(c3ccc(F)cc3)CC2)CC1NC(=O)CNc1n[nH]c2ccc(C(F)(F)F)cc12. The molecule has 12 heteroatoms. The van der Waals surface area contributed by atoms with Gasteiger partial charge < -0.3 is 20.3 Å². The number of alkyl halides is 3. The van der Waals surface area contributed by atoms with Crippen molar-refractivity contribution >= 4 is 28.3 Å². The molecule has 0 bridgehead atoms. The Morgan fingerprint density at radius 2 is 1.95 bits per heavy atom. The quantitative estimate of drug-likeness (QED) is 0.257. The van der Waals surface area contributed by atoms with Gasteiger partial charge in [0.2, 0.25) is 5.91 Å². The van der Waals surface area contributed by atoms with Gasteiger partial charge in [0.15, 0.2) is 5.82 Å². The van der Waals surface area contributed by atoms with Gasteiger partial charge in [-0.1, -0.05) is 6.08 Å². The Balaban J connectivity index is 1.19. The van der Waals surface area contributed by atoms with Crippen molar-refractivity contribution in [1.29, 1.82) is 0 Å². The zero-order valence-electron chi connectivity index (χ0n) is 22.6. The largest absolute Gasteiger partial charge is 0.416 e. The zero-order valence-corrected chi connectivity index (χ0v) is 22.6. The summed E-state index contributed by atoms with van der Waals surface area (Å²) in [5, 5.41) is 12.9. The van der Waals surface area contributed by atoms with Crippen molar-refractivity contribution in [3.63, 3.8) is 0 Å². The summed E-state index contributed by atoms with van der Waals surface area (Å²) >= 11 is 0. The van der Waals surface area contributed by atoms with Crippen LogP contribution in [0.15, 0.2) is 55.1 Å². The number of amides is 1. The van der Waals surface area contributed by atoms with E-state index in [9.17, 15) is 22.4 Å². The van der Waals surface area contributed by atoms with E-state index in [0.717, 1.165) is 50.2 Å². The summed E-state index contributed by atoms with van der Waals surface area (Å²) in [6, 6.07) is 9.96. The van der Waals surface area contributed by atoms with E-state index in [1.54, 1.807) is 6.08 Å². The van der Waals surface area contributed by atoms with Crippen LogP contribution in [-0.4, -0.2) is 78.5 Å². The maximum absolute atomic E-state index is 13.4. The lowest BCUT2D eigenvalue weighted by Crippen LogP contribution is -2.46. The van der Waals surface area contributed by atoms with E-state index in [1.165, 1.54) is 18.2 Å². The maximum Gasteiger partial charge on any atom is 0.416 e. The first kappa shape index (κ1) is 28.9. The number of H-pyrrole nitrogens is 1. The number of aromatic amines is 1. The number of nitrogens with zero attached hydrogens (tertiary/aromatic N) is 3. The second kappa shape index (κ2) is 12.5. The highest BCUT2D eigenvalue weighted by Crippen LogP contribution is 2.33. The first-order valence-electron chi connectivity index (χ1n) is 13.8. The van der Waals surface area contributed by atoms with E-state index in [1.807, 2.05) is 12.1 Å². The van der Waals surface area contributed by atoms with E-state index in [4.69, 9.17) is 4.74 Å². The molecule has 3 N–H and O–H groups in total. The average Bonchev–Trinajstić information content (AvgIpc) is 3.45. The molecular weight excluding hydrogens is 540 g/mol. The van der Waals surface area contributed by atoms with E-state index in [0.29, 0.717) is 31.3 Å². The van der Waals surface area contributed by atoms with Gasteiger partial charge >= 0.3 is 6.18 Å². The van der Waals surface area contributed by atoms with Gasteiger partial charge in [-0.15, -0.1) is 6.58 Å². The van der Waals surface area contributed by atoms with E-state index >= 15 is 0 Å². The van der Waals surface area contributed by atoms with Gasteiger partial charge in [-0.05, 0) is 61.7 Å². The highest BCUT2D eigenvalue weighted by Gasteiger charge is 2.38. The molecule has 2 saturated heterocycles. The lowest BCUT2D eigenvalue weighted by molar-refractivity contribution is -0.137. The summed E-state index contributed by atoms with van der Waals surface area (Å²) in [6.07, 6.45) is -0.113. The molecule has 2 aromatic carbocycles. The summed E-state index contributed by atoms with van der Waals surface area (Å²) in [5.74, 6) is -0.380. The fraction of sp³-hybridized carbons (Fsp3) is 0.448. The third kappa shape index (κ3) is 6.99. The van der Waals surface area contributed by atoms with Crippen LogP contribution in [0.3, 0.4) is 0 Å². The third-order valence-corrected chi connectivity index (χ3v) is 7.78. The number of anilines is 2. The zero-order chi connectivity index (χ0) is 29.0. The lowest BCUT2D eigenvalue weighted by atomic mass is 10.1. The number of aromatic nitrogens is 2. The Kier molecular flexibility index (Phi) is 8.79. The van der Waals surface area contributed by atoms with Crippen molar-refractivity contribution in [3.05, 3.63) is 66.5 Å². The molecule has 5 rings (SSSR count). The molecule has 3 atom stereocenters. The molecule has 0 radical (unpaired) electrons. The number of hydrogen-bond acceptors (Lipinski definition) is 6. The normalized spacial score (nSPS) is 22.0. The fourth-order valence-electron chi connectivity index (χ4n) is 5.70. The van der Waals surface area contributed by atoms with Gasteiger partial charge in [-0.2, -0.15) is 18.3 Å². The Bertz CT molecular complexity index is 1350. The number of benzene rings is 2. The summed E-state index contributed by atoms with van der Waals surface area (Å²) in [5.41, 5.74) is 0.663. The lowest BCUT2D eigenvalue weighted by Gasteiger charge is -2.27. The van der Waals surface area contributed by atoms with Gasteiger partial charge in [-0.3, -0.25) is 14.8 Å². The van der Waals surface area contributed by atoms with E-state index in [2.05, 4.69) is 37.2 Å². The number of nitrogens with one attached hydrogen (secondary N) is 3. The first-order valence-corrected chi connectivity index (χ1v) is 13.8. The number of rotatable bonds is 9. The number of halogens is 4. The minimum atomic E-state index is -4.48. The maximum atomic E-state index is 13.4. The highest BCUT2D eigenvalue weighted by molar-refractivity contribution is 5.92. The molecule has 2 aliphatic rings. The molecule has 0 aliphatic carbocycles. The molecule has 1 amide bonds. The van der Waals surface area contributed by atoms with Gasteiger partial charge in [-0.25, -0.2) is 4.39 Å². The molecule has 1 aromatic heterocycles. The van der Waals surface area contributed by atoms with Crippen molar-refractivity contribution < 1.29 is 27.1 Å². The summed E-state index contributed by atoms with van der Waals surface area (Å²) < 4.78 is 58.9. The summed E-state index contributed by atoms with van der Waals surface area (Å²) in [6.45, 7) is 6.95. The number of ether oxygens (including phenoxy) is 1. The van der Waals surface area contributed by atoms with E-state index < -0.39 is 11.7 Å². The molecule has 2 unspecified atom stereocenters. The van der Waals surface area contributed by atoms with Crippen LogP contribution in [0.1, 0.15) is 24.8 Å². The van der Waals surface area contributed by atoms with Gasteiger partial charge in [0.1, 0.15) is 5.82 Å². The van der Waals surface area contributed by atoms with Crippen LogP contribution >= 0.6 is 0 Å². The predicted molar refractivity (Wildman–Crippen MR) is 149 cm³/mol. The second-order valence-electron chi connectivity index (χ2n) is 10.5. The molecule has 8 nitrogen and oxygen atoms in total. The van der Waals surface area contributed by atoms with Crippen molar-refractivity contribution in [2.24, 2.45) is 0 Å². The highest BCUT2D eigenvalue weighted by atomic mass is 19.4. The van der Waals surface area contributed by atoms with Crippen LogP contribution in [0.25, 0.3) is 10.9 Å². The van der Waals surface area contributed by atoms with Gasteiger partial charge in [0.05, 0.1) is 36.4 Å². The monoisotopic (exact) mass is 574 g/mol.